The molecule has 0 aromatic carbocycles. The van der Waals surface area contributed by atoms with E-state index in [4.69, 9.17) is 0 Å². The van der Waals surface area contributed by atoms with Gasteiger partial charge in [-0.15, -0.1) is 12.4 Å². The molecule has 1 N–H and O–H groups in total. The molecule has 21 heavy (non-hydrogen) atoms. The van der Waals surface area contributed by atoms with E-state index in [0.29, 0.717) is 19.6 Å². The number of rotatable bonds is 3. The van der Waals surface area contributed by atoms with Crippen LogP contribution < -0.4 is 10.9 Å². The third kappa shape index (κ3) is 4.02. The van der Waals surface area contributed by atoms with Gasteiger partial charge in [-0.1, -0.05) is 0 Å². The van der Waals surface area contributed by atoms with E-state index < -0.39 is 10.5 Å². The van der Waals surface area contributed by atoms with Gasteiger partial charge in [0.25, 0.3) is 11.2 Å². The zero-order valence-electron chi connectivity index (χ0n) is 11.5. The summed E-state index contributed by atoms with van der Waals surface area (Å²) in [6, 6.07) is 2.29. The maximum atomic E-state index is 12.2. The smallest absolute Gasteiger partial charge is 0.285 e. The summed E-state index contributed by atoms with van der Waals surface area (Å²) in [5.74, 6) is -0.207. The largest absolute Gasteiger partial charge is 0.336 e. The highest BCUT2D eigenvalue weighted by atomic mass is 35.5. The fraction of sp³-hybridized carbons (Fsp3) is 0.500. The van der Waals surface area contributed by atoms with Crippen LogP contribution >= 0.6 is 12.4 Å². The summed E-state index contributed by atoms with van der Waals surface area (Å²) in [4.78, 5) is 35.6. The van der Waals surface area contributed by atoms with Crippen molar-refractivity contribution in [2.45, 2.75) is 19.5 Å². The molecule has 1 aromatic heterocycles. The fourth-order valence-corrected chi connectivity index (χ4v) is 2.20. The maximum absolute atomic E-state index is 12.2. The first-order chi connectivity index (χ1) is 9.49. The molecule has 1 aromatic rings. The molecule has 1 aliphatic rings. The molecule has 1 saturated heterocycles. The highest BCUT2D eigenvalue weighted by molar-refractivity contribution is 5.85. The third-order valence-corrected chi connectivity index (χ3v) is 3.31. The Morgan fingerprint density at radius 3 is 2.86 bits per heavy atom. The average molecular weight is 317 g/mol. The van der Waals surface area contributed by atoms with E-state index in [2.05, 4.69) is 5.32 Å². The summed E-state index contributed by atoms with van der Waals surface area (Å²) >= 11 is 0. The minimum Gasteiger partial charge on any atom is -0.336 e. The Morgan fingerprint density at radius 2 is 2.24 bits per heavy atom. The van der Waals surface area contributed by atoms with Gasteiger partial charge in [0.1, 0.15) is 6.54 Å². The van der Waals surface area contributed by atoms with Crippen molar-refractivity contribution in [2.24, 2.45) is 0 Å². The molecule has 1 aliphatic heterocycles. The van der Waals surface area contributed by atoms with Gasteiger partial charge in [0.15, 0.2) is 0 Å². The van der Waals surface area contributed by atoms with Gasteiger partial charge in [0, 0.05) is 37.8 Å². The first-order valence-electron chi connectivity index (χ1n) is 6.34. The lowest BCUT2D eigenvalue weighted by molar-refractivity contribution is -0.385. The first-order valence-corrected chi connectivity index (χ1v) is 6.34. The summed E-state index contributed by atoms with van der Waals surface area (Å²) in [6.45, 7) is 3.73. The van der Waals surface area contributed by atoms with Gasteiger partial charge in [0.05, 0.1) is 11.1 Å². The molecule has 8 nitrogen and oxygen atoms in total. The number of pyridine rings is 1. The molecule has 0 radical (unpaired) electrons. The number of nitrogens with one attached hydrogen (secondary N) is 1. The van der Waals surface area contributed by atoms with Crippen LogP contribution in [0.5, 0.6) is 0 Å². The molecule has 116 valence electrons. The molecule has 2 rings (SSSR count). The van der Waals surface area contributed by atoms with Crippen LogP contribution in [0, 0.1) is 10.1 Å². The summed E-state index contributed by atoms with van der Waals surface area (Å²) in [5.41, 5.74) is -0.627. The highest BCUT2D eigenvalue weighted by Crippen LogP contribution is 2.08. The van der Waals surface area contributed by atoms with Crippen LogP contribution in [-0.4, -0.2) is 46.0 Å². The van der Waals surface area contributed by atoms with Crippen molar-refractivity contribution in [3.63, 3.8) is 0 Å². The predicted molar refractivity (Wildman–Crippen MR) is 78.6 cm³/mol. The molecule has 1 fully saturated rings. The quantitative estimate of drug-likeness (QED) is 0.625. The van der Waals surface area contributed by atoms with Crippen LogP contribution in [0.25, 0.3) is 0 Å². The molecule has 9 heteroatoms. The first kappa shape index (κ1) is 17.1. The Bertz CT molecular complexity index is 589. The highest BCUT2D eigenvalue weighted by Gasteiger charge is 2.23. The van der Waals surface area contributed by atoms with Crippen LogP contribution in [0.15, 0.2) is 23.1 Å². The third-order valence-electron chi connectivity index (χ3n) is 3.31. The van der Waals surface area contributed by atoms with E-state index in [1.807, 2.05) is 6.92 Å². The lowest BCUT2D eigenvalue weighted by atomic mass is 10.2. The van der Waals surface area contributed by atoms with E-state index in [1.165, 1.54) is 0 Å². The molecular formula is C12H17ClN4O4. The Hall–Kier alpha value is -1.93. The number of hydrogen-bond acceptors (Lipinski definition) is 5. The van der Waals surface area contributed by atoms with Gasteiger partial charge >= 0.3 is 0 Å². The maximum Gasteiger partial charge on any atom is 0.285 e. The van der Waals surface area contributed by atoms with Crippen LogP contribution in [0.2, 0.25) is 0 Å². The lowest BCUT2D eigenvalue weighted by Crippen LogP contribution is -2.53. The van der Waals surface area contributed by atoms with Crippen molar-refractivity contribution in [1.29, 1.82) is 0 Å². The predicted octanol–water partition coefficient (Wildman–Crippen LogP) is -0.00140. The number of nitrogens with zero attached hydrogens (tertiary/aromatic N) is 3. The molecule has 1 atom stereocenters. The second-order valence-electron chi connectivity index (χ2n) is 4.75. The monoisotopic (exact) mass is 316 g/mol. The van der Waals surface area contributed by atoms with Crippen molar-refractivity contribution in [1.82, 2.24) is 14.8 Å². The van der Waals surface area contributed by atoms with Crippen molar-refractivity contribution in [3.05, 3.63) is 38.8 Å². The molecule has 0 saturated carbocycles. The Morgan fingerprint density at radius 1 is 1.52 bits per heavy atom. The molecule has 1 amide bonds. The fourth-order valence-electron chi connectivity index (χ4n) is 2.20. The van der Waals surface area contributed by atoms with E-state index in [0.717, 1.165) is 22.9 Å². The van der Waals surface area contributed by atoms with Gasteiger partial charge < -0.3 is 10.2 Å². The Balaban J connectivity index is 0.00000220. The molecule has 1 unspecified atom stereocenters. The van der Waals surface area contributed by atoms with Crippen molar-refractivity contribution >= 4 is 24.0 Å². The second kappa shape index (κ2) is 7.19. The number of halogens is 1. The number of carbonyl (C=O) groups excluding carboxylic acids is 1. The van der Waals surface area contributed by atoms with Gasteiger partial charge in [-0.3, -0.25) is 24.3 Å². The van der Waals surface area contributed by atoms with E-state index in [1.54, 1.807) is 4.90 Å². The summed E-state index contributed by atoms with van der Waals surface area (Å²) in [6.07, 6.45) is 1.10. The van der Waals surface area contributed by atoms with Gasteiger partial charge in [0.2, 0.25) is 5.91 Å². The average Bonchev–Trinajstić information content (AvgIpc) is 2.41. The Labute approximate surface area is 127 Å². The summed E-state index contributed by atoms with van der Waals surface area (Å²) in [7, 11) is 0. The van der Waals surface area contributed by atoms with E-state index in [-0.39, 0.29) is 36.6 Å². The van der Waals surface area contributed by atoms with Crippen molar-refractivity contribution in [3.8, 4) is 0 Å². The molecule has 2 heterocycles. The zero-order chi connectivity index (χ0) is 14.7. The van der Waals surface area contributed by atoms with Gasteiger partial charge in [-0.05, 0) is 6.92 Å². The van der Waals surface area contributed by atoms with Gasteiger partial charge in [-0.2, -0.15) is 0 Å². The topological polar surface area (TPSA) is 97.5 Å². The van der Waals surface area contributed by atoms with Crippen LogP contribution in [0.3, 0.4) is 0 Å². The minimum atomic E-state index is -0.589. The zero-order valence-corrected chi connectivity index (χ0v) is 12.3. The van der Waals surface area contributed by atoms with Crippen LogP contribution in [0.4, 0.5) is 5.69 Å². The van der Waals surface area contributed by atoms with Crippen molar-refractivity contribution < 1.29 is 9.72 Å². The standard InChI is InChI=1S/C12H16N4O4.ClH/c1-9-6-13-4-5-15(9)12(18)8-14-7-10(16(19)20)2-3-11(14)17;/h2-3,7,9,13H,4-6,8H2,1H3;1H. The van der Waals surface area contributed by atoms with Crippen molar-refractivity contribution in [2.75, 3.05) is 19.6 Å². The number of carbonyl (C=O) groups is 1. The number of aromatic nitrogens is 1. The SMILES string of the molecule is CC1CNCCN1C(=O)Cn1cc([N+](=O)[O-])ccc1=O.Cl. The number of hydrogen-bond donors (Lipinski definition) is 1. The summed E-state index contributed by atoms with van der Waals surface area (Å²) < 4.78 is 1.08. The Kier molecular flexibility index (Phi) is 5.86. The van der Waals surface area contributed by atoms with E-state index in [9.17, 15) is 19.7 Å². The number of amides is 1. The number of piperazine rings is 1. The molecule has 0 bridgehead atoms. The molecule has 0 spiro atoms. The van der Waals surface area contributed by atoms with Crippen LogP contribution in [-0.2, 0) is 11.3 Å². The lowest BCUT2D eigenvalue weighted by Gasteiger charge is -2.34. The van der Waals surface area contributed by atoms with Crippen LogP contribution in [0.1, 0.15) is 6.92 Å². The normalized spacial score (nSPS) is 18.0. The van der Waals surface area contributed by atoms with Gasteiger partial charge in [-0.25, -0.2) is 0 Å². The number of nitro groups is 1. The van der Waals surface area contributed by atoms with E-state index >= 15 is 0 Å². The minimum absolute atomic E-state index is 0. The summed E-state index contributed by atoms with van der Waals surface area (Å²) in [5, 5.41) is 13.9. The molecule has 0 aliphatic carbocycles. The molecular weight excluding hydrogens is 300 g/mol. The second-order valence-corrected chi connectivity index (χ2v) is 4.75.